The molecule has 0 spiro atoms. The SMILES string of the molecule is CCCCNCCNC(=O)C1CC1. The number of carbonyl (C=O) groups is 1. The maximum atomic E-state index is 11.2. The van der Waals surface area contributed by atoms with Crippen LogP contribution in [0, 0.1) is 5.92 Å². The predicted molar refractivity (Wildman–Crippen MR) is 53.5 cm³/mol. The van der Waals surface area contributed by atoms with Crippen LogP contribution in [-0.4, -0.2) is 25.5 Å². The third kappa shape index (κ3) is 4.88. The van der Waals surface area contributed by atoms with E-state index in [1.54, 1.807) is 0 Å². The van der Waals surface area contributed by atoms with Gasteiger partial charge in [-0.25, -0.2) is 0 Å². The molecule has 1 aliphatic carbocycles. The van der Waals surface area contributed by atoms with Crippen LogP contribution in [0.1, 0.15) is 32.6 Å². The van der Waals surface area contributed by atoms with Crippen LogP contribution < -0.4 is 10.6 Å². The van der Waals surface area contributed by atoms with Crippen molar-refractivity contribution in [3.8, 4) is 0 Å². The van der Waals surface area contributed by atoms with Gasteiger partial charge >= 0.3 is 0 Å². The van der Waals surface area contributed by atoms with Gasteiger partial charge < -0.3 is 10.6 Å². The number of nitrogens with one attached hydrogen (secondary N) is 2. The van der Waals surface area contributed by atoms with Crippen LogP contribution in [-0.2, 0) is 4.79 Å². The van der Waals surface area contributed by atoms with E-state index in [1.807, 2.05) is 0 Å². The molecule has 0 aromatic heterocycles. The van der Waals surface area contributed by atoms with Crippen LogP contribution in [0.15, 0.2) is 0 Å². The Morgan fingerprint density at radius 3 is 2.69 bits per heavy atom. The van der Waals surface area contributed by atoms with Gasteiger partial charge in [-0.05, 0) is 25.8 Å². The number of carbonyl (C=O) groups excluding carboxylic acids is 1. The third-order valence-electron chi connectivity index (χ3n) is 2.26. The summed E-state index contributed by atoms with van der Waals surface area (Å²) < 4.78 is 0. The van der Waals surface area contributed by atoms with Crippen LogP contribution in [0.5, 0.6) is 0 Å². The van der Waals surface area contributed by atoms with Gasteiger partial charge in [0, 0.05) is 19.0 Å². The highest BCUT2D eigenvalue weighted by atomic mass is 16.2. The zero-order valence-electron chi connectivity index (χ0n) is 8.44. The second kappa shape index (κ2) is 5.97. The minimum atomic E-state index is 0.247. The van der Waals surface area contributed by atoms with Gasteiger partial charge in [-0.3, -0.25) is 4.79 Å². The molecule has 1 rings (SSSR count). The Morgan fingerprint density at radius 1 is 1.31 bits per heavy atom. The first-order chi connectivity index (χ1) is 6.34. The number of unbranched alkanes of at least 4 members (excludes halogenated alkanes) is 1. The lowest BCUT2D eigenvalue weighted by Gasteiger charge is -2.05. The summed E-state index contributed by atoms with van der Waals surface area (Å²) in [7, 11) is 0. The smallest absolute Gasteiger partial charge is 0.223 e. The summed E-state index contributed by atoms with van der Waals surface area (Å²) >= 11 is 0. The summed E-state index contributed by atoms with van der Waals surface area (Å²) in [6.07, 6.45) is 4.63. The van der Waals surface area contributed by atoms with Gasteiger partial charge in [0.1, 0.15) is 0 Å². The molecule has 3 nitrogen and oxygen atoms in total. The second-order valence-electron chi connectivity index (χ2n) is 3.67. The average Bonchev–Trinajstić information content (AvgIpc) is 2.93. The summed E-state index contributed by atoms with van der Waals surface area (Å²) in [6, 6.07) is 0. The summed E-state index contributed by atoms with van der Waals surface area (Å²) in [5.74, 6) is 0.591. The number of amides is 1. The second-order valence-corrected chi connectivity index (χ2v) is 3.67. The van der Waals surface area contributed by atoms with Gasteiger partial charge in [-0.1, -0.05) is 13.3 Å². The van der Waals surface area contributed by atoms with Crippen molar-refractivity contribution in [2.75, 3.05) is 19.6 Å². The van der Waals surface area contributed by atoms with Crippen molar-refractivity contribution in [1.29, 1.82) is 0 Å². The summed E-state index contributed by atoms with van der Waals surface area (Å²) in [4.78, 5) is 11.2. The van der Waals surface area contributed by atoms with E-state index in [2.05, 4.69) is 17.6 Å². The van der Waals surface area contributed by atoms with Gasteiger partial charge in [0.2, 0.25) is 5.91 Å². The van der Waals surface area contributed by atoms with Crippen LogP contribution in [0.2, 0.25) is 0 Å². The molecule has 1 aliphatic rings. The molecule has 1 saturated carbocycles. The third-order valence-corrected chi connectivity index (χ3v) is 2.26. The first-order valence-electron chi connectivity index (χ1n) is 5.33. The molecule has 0 radical (unpaired) electrons. The fraction of sp³-hybridized carbons (Fsp3) is 0.900. The van der Waals surface area contributed by atoms with E-state index in [-0.39, 0.29) is 5.91 Å². The minimum absolute atomic E-state index is 0.247. The van der Waals surface area contributed by atoms with E-state index in [0.29, 0.717) is 5.92 Å². The van der Waals surface area contributed by atoms with Crippen molar-refractivity contribution in [2.45, 2.75) is 32.6 Å². The quantitative estimate of drug-likeness (QED) is 0.577. The molecule has 0 aromatic rings. The minimum Gasteiger partial charge on any atom is -0.355 e. The van der Waals surface area contributed by atoms with E-state index in [4.69, 9.17) is 0 Å². The molecule has 0 aromatic carbocycles. The Labute approximate surface area is 80.3 Å². The van der Waals surface area contributed by atoms with Crippen LogP contribution in [0.25, 0.3) is 0 Å². The van der Waals surface area contributed by atoms with Crippen molar-refractivity contribution in [3.05, 3.63) is 0 Å². The highest BCUT2D eigenvalue weighted by Gasteiger charge is 2.28. The van der Waals surface area contributed by atoms with Gasteiger partial charge in [0.25, 0.3) is 0 Å². The first kappa shape index (κ1) is 10.5. The fourth-order valence-corrected chi connectivity index (χ4v) is 1.19. The van der Waals surface area contributed by atoms with Gasteiger partial charge in [-0.15, -0.1) is 0 Å². The van der Waals surface area contributed by atoms with Crippen molar-refractivity contribution < 1.29 is 4.79 Å². The lowest BCUT2D eigenvalue weighted by atomic mass is 10.3. The predicted octanol–water partition coefficient (Wildman–Crippen LogP) is 0.902. The van der Waals surface area contributed by atoms with Crippen LogP contribution in [0.3, 0.4) is 0 Å². The molecule has 76 valence electrons. The van der Waals surface area contributed by atoms with E-state index < -0.39 is 0 Å². The Hall–Kier alpha value is -0.570. The number of hydrogen-bond donors (Lipinski definition) is 2. The molecule has 1 fully saturated rings. The zero-order chi connectivity index (χ0) is 9.52. The van der Waals surface area contributed by atoms with Gasteiger partial charge in [-0.2, -0.15) is 0 Å². The normalized spacial score (nSPS) is 15.8. The number of hydrogen-bond acceptors (Lipinski definition) is 2. The maximum Gasteiger partial charge on any atom is 0.223 e. The molecule has 13 heavy (non-hydrogen) atoms. The Balaban J connectivity index is 1.80. The van der Waals surface area contributed by atoms with Crippen molar-refractivity contribution in [2.24, 2.45) is 5.92 Å². The van der Waals surface area contributed by atoms with Gasteiger partial charge in [0.15, 0.2) is 0 Å². The first-order valence-corrected chi connectivity index (χ1v) is 5.33. The molecule has 1 amide bonds. The fourth-order valence-electron chi connectivity index (χ4n) is 1.19. The Morgan fingerprint density at radius 2 is 2.08 bits per heavy atom. The van der Waals surface area contributed by atoms with Crippen molar-refractivity contribution >= 4 is 5.91 Å². The summed E-state index contributed by atoms with van der Waals surface area (Å²) in [6.45, 7) is 4.92. The van der Waals surface area contributed by atoms with Crippen LogP contribution in [0.4, 0.5) is 0 Å². The van der Waals surface area contributed by atoms with E-state index >= 15 is 0 Å². The lowest BCUT2D eigenvalue weighted by Crippen LogP contribution is -2.32. The van der Waals surface area contributed by atoms with E-state index in [9.17, 15) is 4.79 Å². The highest BCUT2D eigenvalue weighted by Crippen LogP contribution is 2.28. The van der Waals surface area contributed by atoms with Crippen LogP contribution >= 0.6 is 0 Å². The van der Waals surface area contributed by atoms with Crippen molar-refractivity contribution in [3.63, 3.8) is 0 Å². The maximum absolute atomic E-state index is 11.2. The summed E-state index contributed by atoms with van der Waals surface area (Å²) in [5.41, 5.74) is 0. The molecule has 0 unspecified atom stereocenters. The van der Waals surface area contributed by atoms with Crippen molar-refractivity contribution in [1.82, 2.24) is 10.6 Å². The molecule has 0 bridgehead atoms. The monoisotopic (exact) mass is 184 g/mol. The Bertz CT molecular complexity index is 155. The van der Waals surface area contributed by atoms with E-state index in [1.165, 1.54) is 12.8 Å². The molecule has 3 heteroatoms. The zero-order valence-corrected chi connectivity index (χ0v) is 8.44. The summed E-state index contributed by atoms with van der Waals surface area (Å²) in [5, 5.41) is 6.21. The highest BCUT2D eigenvalue weighted by molar-refractivity contribution is 5.80. The molecule has 0 saturated heterocycles. The largest absolute Gasteiger partial charge is 0.355 e. The molecular formula is C10H20N2O. The molecule has 0 heterocycles. The van der Waals surface area contributed by atoms with Gasteiger partial charge in [0.05, 0.1) is 0 Å². The standard InChI is InChI=1S/C10H20N2O/c1-2-3-6-11-7-8-12-10(13)9-4-5-9/h9,11H,2-8H2,1H3,(H,12,13). The van der Waals surface area contributed by atoms with E-state index in [0.717, 1.165) is 32.5 Å². The molecule has 0 aliphatic heterocycles. The molecular weight excluding hydrogens is 164 g/mol. The topological polar surface area (TPSA) is 41.1 Å². The molecule has 2 N–H and O–H groups in total. The average molecular weight is 184 g/mol. The number of rotatable bonds is 7. The Kier molecular flexibility index (Phi) is 4.83. The molecule has 0 atom stereocenters. The lowest BCUT2D eigenvalue weighted by molar-refractivity contribution is -0.122.